The Morgan fingerprint density at radius 1 is 1.05 bits per heavy atom. The number of benzene rings is 2. The van der Waals surface area contributed by atoms with Crippen molar-refractivity contribution in [2.45, 2.75) is 19.9 Å². The maximum absolute atomic E-state index is 14.1. The van der Waals surface area contributed by atoms with Gasteiger partial charge in [0.1, 0.15) is 5.82 Å². The summed E-state index contributed by atoms with van der Waals surface area (Å²) in [5.41, 5.74) is 4.04. The molecule has 0 bridgehead atoms. The lowest BCUT2D eigenvalue weighted by Gasteiger charge is -2.20. The molecule has 1 N–H and O–H groups in total. The Kier molecular flexibility index (Phi) is 4.23. The fourth-order valence-electron chi connectivity index (χ4n) is 2.36. The normalized spacial score (nSPS) is 12.5. The van der Waals surface area contributed by atoms with Crippen molar-refractivity contribution in [3.63, 3.8) is 0 Å². The molecule has 2 rings (SSSR count). The van der Waals surface area contributed by atoms with Gasteiger partial charge in [0.15, 0.2) is 0 Å². The molecular formula is C16H17ClFN. The van der Waals surface area contributed by atoms with E-state index in [1.165, 1.54) is 11.6 Å². The van der Waals surface area contributed by atoms with Gasteiger partial charge < -0.3 is 5.32 Å². The number of hydrogen-bond donors (Lipinski definition) is 1. The van der Waals surface area contributed by atoms with Gasteiger partial charge in [0.25, 0.3) is 0 Å². The molecule has 1 atom stereocenters. The predicted octanol–water partition coefficient (Wildman–Crippen LogP) is 4.40. The van der Waals surface area contributed by atoms with Gasteiger partial charge in [-0.2, -0.15) is 0 Å². The van der Waals surface area contributed by atoms with Crippen LogP contribution in [0.5, 0.6) is 0 Å². The summed E-state index contributed by atoms with van der Waals surface area (Å²) in [6.45, 7) is 4.09. The first-order valence-corrected chi connectivity index (χ1v) is 6.60. The lowest BCUT2D eigenvalue weighted by molar-refractivity contribution is 0.575. The second-order valence-electron chi connectivity index (χ2n) is 4.75. The second kappa shape index (κ2) is 5.72. The van der Waals surface area contributed by atoms with E-state index in [0.717, 1.165) is 11.1 Å². The van der Waals surface area contributed by atoms with E-state index in [1.54, 1.807) is 12.1 Å². The third-order valence-corrected chi connectivity index (χ3v) is 3.53. The van der Waals surface area contributed by atoms with Gasteiger partial charge in [0.05, 0.1) is 6.04 Å². The van der Waals surface area contributed by atoms with Gasteiger partial charge in [-0.3, -0.25) is 0 Å². The van der Waals surface area contributed by atoms with Crippen molar-refractivity contribution in [1.29, 1.82) is 0 Å². The molecule has 0 radical (unpaired) electrons. The lowest BCUT2D eigenvalue weighted by Crippen LogP contribution is -2.20. The Morgan fingerprint density at radius 2 is 1.74 bits per heavy atom. The Labute approximate surface area is 118 Å². The molecular weight excluding hydrogens is 261 g/mol. The Hall–Kier alpha value is -1.38. The molecule has 1 nitrogen and oxygen atoms in total. The van der Waals surface area contributed by atoms with Crippen molar-refractivity contribution in [2.24, 2.45) is 0 Å². The quantitative estimate of drug-likeness (QED) is 0.876. The minimum Gasteiger partial charge on any atom is -0.309 e. The predicted molar refractivity (Wildman–Crippen MR) is 78.2 cm³/mol. The average molecular weight is 278 g/mol. The zero-order valence-corrected chi connectivity index (χ0v) is 12.1. The SMILES string of the molecule is CNC(c1ccc(C)cc1C)c1ccc(Cl)cc1F. The first-order valence-electron chi connectivity index (χ1n) is 6.22. The molecule has 19 heavy (non-hydrogen) atoms. The van der Waals surface area contributed by atoms with Crippen LogP contribution < -0.4 is 5.32 Å². The summed E-state index contributed by atoms with van der Waals surface area (Å²) in [5.74, 6) is -0.285. The minimum absolute atomic E-state index is 0.169. The van der Waals surface area contributed by atoms with Gasteiger partial charge in [-0.15, -0.1) is 0 Å². The van der Waals surface area contributed by atoms with Crippen LogP contribution in [-0.2, 0) is 0 Å². The van der Waals surface area contributed by atoms with Crippen molar-refractivity contribution >= 4 is 11.6 Å². The molecule has 0 aliphatic heterocycles. The van der Waals surface area contributed by atoms with Crippen LogP contribution >= 0.6 is 11.6 Å². The molecule has 2 aromatic rings. The smallest absolute Gasteiger partial charge is 0.129 e. The van der Waals surface area contributed by atoms with E-state index in [-0.39, 0.29) is 11.9 Å². The lowest BCUT2D eigenvalue weighted by atomic mass is 9.93. The Morgan fingerprint density at radius 3 is 2.32 bits per heavy atom. The number of hydrogen-bond acceptors (Lipinski definition) is 1. The molecule has 3 heteroatoms. The zero-order chi connectivity index (χ0) is 14.0. The van der Waals surface area contributed by atoms with E-state index in [4.69, 9.17) is 11.6 Å². The molecule has 0 spiro atoms. The van der Waals surface area contributed by atoms with Crippen molar-refractivity contribution in [3.8, 4) is 0 Å². The summed E-state index contributed by atoms with van der Waals surface area (Å²) in [6, 6.07) is 10.8. The van der Waals surface area contributed by atoms with Crippen LogP contribution in [0.2, 0.25) is 5.02 Å². The highest BCUT2D eigenvalue weighted by Crippen LogP contribution is 2.28. The third-order valence-electron chi connectivity index (χ3n) is 3.30. The molecule has 100 valence electrons. The first kappa shape index (κ1) is 14.0. The molecule has 0 aliphatic rings. The van der Waals surface area contributed by atoms with Crippen molar-refractivity contribution < 1.29 is 4.39 Å². The van der Waals surface area contributed by atoms with Gasteiger partial charge >= 0.3 is 0 Å². The third kappa shape index (κ3) is 2.96. The number of aryl methyl sites for hydroxylation is 2. The topological polar surface area (TPSA) is 12.0 Å². The van der Waals surface area contributed by atoms with Gasteiger partial charge in [0.2, 0.25) is 0 Å². The molecule has 0 heterocycles. The molecule has 0 saturated carbocycles. The highest BCUT2D eigenvalue weighted by Gasteiger charge is 2.18. The second-order valence-corrected chi connectivity index (χ2v) is 5.18. The summed E-state index contributed by atoms with van der Waals surface area (Å²) < 4.78 is 14.1. The maximum Gasteiger partial charge on any atom is 0.129 e. The monoisotopic (exact) mass is 277 g/mol. The first-order chi connectivity index (χ1) is 9.02. The van der Waals surface area contributed by atoms with Crippen LogP contribution in [0.25, 0.3) is 0 Å². The zero-order valence-electron chi connectivity index (χ0n) is 11.3. The van der Waals surface area contributed by atoms with E-state index in [0.29, 0.717) is 10.6 Å². The van der Waals surface area contributed by atoms with Crippen LogP contribution in [0.4, 0.5) is 4.39 Å². The standard InChI is InChI=1S/C16H17ClFN/c1-10-4-6-13(11(2)8-10)16(19-3)14-7-5-12(17)9-15(14)18/h4-9,16,19H,1-3H3. The van der Waals surface area contributed by atoms with E-state index < -0.39 is 0 Å². The minimum atomic E-state index is -0.285. The number of rotatable bonds is 3. The fourth-order valence-corrected chi connectivity index (χ4v) is 2.52. The van der Waals surface area contributed by atoms with Gasteiger partial charge in [-0.25, -0.2) is 4.39 Å². The molecule has 0 aromatic heterocycles. The molecule has 0 saturated heterocycles. The summed E-state index contributed by atoms with van der Waals surface area (Å²) >= 11 is 5.80. The van der Waals surface area contributed by atoms with Crippen LogP contribution in [-0.4, -0.2) is 7.05 Å². The van der Waals surface area contributed by atoms with Crippen molar-refractivity contribution in [2.75, 3.05) is 7.05 Å². The number of nitrogens with one attached hydrogen (secondary N) is 1. The maximum atomic E-state index is 14.1. The largest absolute Gasteiger partial charge is 0.309 e. The van der Waals surface area contributed by atoms with Crippen molar-refractivity contribution in [3.05, 3.63) is 69.5 Å². The fraction of sp³-hybridized carbons (Fsp3) is 0.250. The van der Waals surface area contributed by atoms with E-state index in [1.807, 2.05) is 33.0 Å². The Balaban J connectivity index is 2.50. The van der Waals surface area contributed by atoms with Crippen LogP contribution in [0.15, 0.2) is 36.4 Å². The van der Waals surface area contributed by atoms with E-state index >= 15 is 0 Å². The summed E-state index contributed by atoms with van der Waals surface area (Å²) in [4.78, 5) is 0. The molecule has 2 aromatic carbocycles. The van der Waals surface area contributed by atoms with Crippen LogP contribution in [0.1, 0.15) is 28.3 Å². The molecule has 1 unspecified atom stereocenters. The molecule has 0 aliphatic carbocycles. The van der Waals surface area contributed by atoms with Crippen LogP contribution in [0, 0.1) is 19.7 Å². The van der Waals surface area contributed by atoms with Gasteiger partial charge in [-0.1, -0.05) is 41.4 Å². The van der Waals surface area contributed by atoms with E-state index in [9.17, 15) is 4.39 Å². The van der Waals surface area contributed by atoms with Crippen molar-refractivity contribution in [1.82, 2.24) is 5.32 Å². The summed E-state index contributed by atoms with van der Waals surface area (Å²) in [6.07, 6.45) is 0. The molecule has 0 fully saturated rings. The van der Waals surface area contributed by atoms with Crippen LogP contribution in [0.3, 0.4) is 0 Å². The highest BCUT2D eigenvalue weighted by molar-refractivity contribution is 6.30. The number of halogens is 2. The average Bonchev–Trinajstić information content (AvgIpc) is 2.34. The van der Waals surface area contributed by atoms with Gasteiger partial charge in [0, 0.05) is 10.6 Å². The highest BCUT2D eigenvalue weighted by atomic mass is 35.5. The Bertz CT molecular complexity index is 544. The van der Waals surface area contributed by atoms with E-state index in [2.05, 4.69) is 11.4 Å². The molecule has 0 amide bonds. The summed E-state index contributed by atoms with van der Waals surface area (Å²) in [5, 5.41) is 3.59. The summed E-state index contributed by atoms with van der Waals surface area (Å²) in [7, 11) is 1.83. The van der Waals surface area contributed by atoms with Gasteiger partial charge in [-0.05, 0) is 44.2 Å².